The summed E-state index contributed by atoms with van der Waals surface area (Å²) >= 11 is -3.68. The molecule has 0 amide bonds. The van der Waals surface area contributed by atoms with E-state index in [1.807, 2.05) is 0 Å². The molecule has 0 aliphatic heterocycles. The molecule has 0 saturated carbocycles. The zero-order valence-corrected chi connectivity index (χ0v) is 16.7. The van der Waals surface area contributed by atoms with Crippen LogP contribution in [0.3, 0.4) is 0 Å². The van der Waals surface area contributed by atoms with Crippen LogP contribution in [-0.4, -0.2) is 34.0 Å². The van der Waals surface area contributed by atoms with E-state index < -0.39 is 22.1 Å². The van der Waals surface area contributed by atoms with Crippen LogP contribution in [0.4, 0.5) is 0 Å². The van der Waals surface area contributed by atoms with Gasteiger partial charge in [-0.15, -0.1) is 0 Å². The van der Waals surface area contributed by atoms with Crippen LogP contribution in [0.25, 0.3) is 0 Å². The molecule has 0 aliphatic rings. The first-order chi connectivity index (χ1) is 8.95. The van der Waals surface area contributed by atoms with E-state index in [0.717, 1.165) is 46.5 Å². The van der Waals surface area contributed by atoms with Gasteiger partial charge in [0.15, 0.2) is 0 Å². The molecule has 19 heavy (non-hydrogen) atoms. The number of carbonyl (C=O) groups excluding carboxylic acids is 2. The van der Waals surface area contributed by atoms with Crippen LogP contribution in [0.2, 0.25) is 7.96 Å². The van der Waals surface area contributed by atoms with E-state index in [2.05, 4.69) is 13.8 Å². The predicted octanol–water partition coefficient (Wildman–Crippen LogP) is 3.94. The van der Waals surface area contributed by atoms with E-state index in [9.17, 15) is 9.59 Å². The van der Waals surface area contributed by atoms with Gasteiger partial charge in [-0.25, -0.2) is 0 Å². The molecule has 0 unspecified atom stereocenters. The first kappa shape index (κ1) is 18.9. The standard InChI is InChI=1S/2C5H11.2C2H4O2.Pb/c2*1-3-5-4-2;2*1-2(3)4;/h2*1,3-5H2,2H3;2*1H3,(H,3,4);/q;;;;+2/p-2. The molecule has 0 atom stereocenters. The Bertz CT molecular complexity index is 251. The van der Waals surface area contributed by atoms with E-state index in [0.29, 0.717) is 0 Å². The summed E-state index contributed by atoms with van der Waals surface area (Å²) in [5.74, 6) is -0.591. The topological polar surface area (TPSA) is 52.6 Å². The maximum absolute atomic E-state index is 11.3. The molecule has 0 aliphatic carbocycles. The summed E-state index contributed by atoms with van der Waals surface area (Å²) in [7, 11) is 0. The maximum atomic E-state index is 11.3. The van der Waals surface area contributed by atoms with Gasteiger partial charge in [0.05, 0.1) is 0 Å². The average Bonchev–Trinajstić information content (AvgIpc) is 2.27. The van der Waals surface area contributed by atoms with Gasteiger partial charge in [-0.3, -0.25) is 0 Å². The third-order valence-corrected chi connectivity index (χ3v) is 16.8. The van der Waals surface area contributed by atoms with Gasteiger partial charge in [-0.05, 0) is 0 Å². The summed E-state index contributed by atoms with van der Waals surface area (Å²) < 4.78 is 12.8. The number of hydrogen-bond donors (Lipinski definition) is 0. The molecule has 0 aromatic rings. The van der Waals surface area contributed by atoms with Crippen LogP contribution >= 0.6 is 0 Å². The average molecular weight is 468 g/mol. The molecule has 0 bridgehead atoms. The molecule has 4 nitrogen and oxygen atoms in total. The van der Waals surface area contributed by atoms with Crippen molar-refractivity contribution in [1.29, 1.82) is 0 Å². The van der Waals surface area contributed by atoms with Crippen molar-refractivity contribution >= 4 is 34.0 Å². The molecule has 0 radical (unpaired) electrons. The monoisotopic (exact) mass is 468 g/mol. The second-order valence-electron chi connectivity index (χ2n) is 5.01. The van der Waals surface area contributed by atoms with Crippen LogP contribution in [0, 0.1) is 0 Å². The molecule has 112 valence electrons. The summed E-state index contributed by atoms with van der Waals surface area (Å²) in [6.07, 6.45) is 6.39. The zero-order chi connectivity index (χ0) is 14.7. The number of hydrogen-bond acceptors (Lipinski definition) is 4. The Balaban J connectivity index is 4.73. The van der Waals surface area contributed by atoms with Gasteiger partial charge in [-0.2, -0.15) is 0 Å². The van der Waals surface area contributed by atoms with Crippen LogP contribution < -0.4 is 0 Å². The van der Waals surface area contributed by atoms with Gasteiger partial charge >= 0.3 is 123 Å². The molecule has 0 spiro atoms. The van der Waals surface area contributed by atoms with Crippen LogP contribution in [0.5, 0.6) is 0 Å². The first-order valence-corrected chi connectivity index (χ1v) is 16.0. The van der Waals surface area contributed by atoms with Crippen molar-refractivity contribution in [1.82, 2.24) is 0 Å². The fourth-order valence-electron chi connectivity index (χ4n) is 2.16. The molecular weight excluding hydrogens is 439 g/mol. The van der Waals surface area contributed by atoms with Crippen molar-refractivity contribution in [2.45, 2.75) is 74.2 Å². The predicted molar refractivity (Wildman–Crippen MR) is 78.0 cm³/mol. The summed E-state index contributed by atoms with van der Waals surface area (Å²) in [6, 6.07) is 0. The van der Waals surface area contributed by atoms with Crippen LogP contribution in [0.15, 0.2) is 0 Å². The summed E-state index contributed by atoms with van der Waals surface area (Å²) in [5.41, 5.74) is 0. The van der Waals surface area contributed by atoms with Crippen molar-refractivity contribution in [3.05, 3.63) is 0 Å². The fraction of sp³-hybridized carbons (Fsp3) is 0.857. The third-order valence-electron chi connectivity index (χ3n) is 2.98. The van der Waals surface area contributed by atoms with Crippen molar-refractivity contribution in [2.24, 2.45) is 0 Å². The Kier molecular flexibility index (Phi) is 10.5. The van der Waals surface area contributed by atoms with E-state index in [1.54, 1.807) is 0 Å². The molecule has 0 N–H and O–H groups in total. The Hall–Kier alpha value is -0.138. The normalized spacial score (nSPS) is 11.2. The third kappa shape index (κ3) is 9.40. The number of unbranched alkanes of at least 4 members (excludes halogenated alkanes) is 4. The van der Waals surface area contributed by atoms with Crippen molar-refractivity contribution in [3.8, 4) is 0 Å². The minimum absolute atomic E-state index is 0.295. The number of rotatable bonds is 10. The molecule has 0 saturated heterocycles. The van der Waals surface area contributed by atoms with Gasteiger partial charge < -0.3 is 0 Å². The van der Waals surface area contributed by atoms with Gasteiger partial charge in [-0.1, -0.05) is 0 Å². The zero-order valence-electron chi connectivity index (χ0n) is 12.8. The van der Waals surface area contributed by atoms with E-state index in [-0.39, 0.29) is 11.9 Å². The molecule has 0 fully saturated rings. The van der Waals surface area contributed by atoms with Gasteiger partial charge in [0.2, 0.25) is 0 Å². The van der Waals surface area contributed by atoms with Crippen molar-refractivity contribution in [2.75, 3.05) is 0 Å². The summed E-state index contributed by atoms with van der Waals surface area (Å²) in [6.45, 7) is 7.09. The van der Waals surface area contributed by atoms with Crippen molar-refractivity contribution in [3.63, 3.8) is 0 Å². The summed E-state index contributed by atoms with van der Waals surface area (Å²) in [4.78, 5) is 22.7. The molecule has 5 heteroatoms. The molecule has 0 aromatic heterocycles. The second-order valence-corrected chi connectivity index (χ2v) is 17.6. The molecule has 0 rings (SSSR count). The Morgan fingerprint density at radius 3 is 1.42 bits per heavy atom. The number of carbonyl (C=O) groups is 2. The molecule has 0 aromatic carbocycles. The molecule has 0 heterocycles. The Morgan fingerprint density at radius 2 is 1.16 bits per heavy atom. The second kappa shape index (κ2) is 10.6. The van der Waals surface area contributed by atoms with Gasteiger partial charge in [0.25, 0.3) is 0 Å². The van der Waals surface area contributed by atoms with Crippen LogP contribution in [-0.2, 0) is 15.0 Å². The Morgan fingerprint density at radius 1 is 0.789 bits per heavy atom. The van der Waals surface area contributed by atoms with Gasteiger partial charge in [0, 0.05) is 0 Å². The van der Waals surface area contributed by atoms with Gasteiger partial charge in [0.1, 0.15) is 0 Å². The quantitative estimate of drug-likeness (QED) is 0.361. The van der Waals surface area contributed by atoms with E-state index in [1.165, 1.54) is 13.8 Å². The summed E-state index contributed by atoms with van der Waals surface area (Å²) in [5, 5.41) is 0. The van der Waals surface area contributed by atoms with E-state index in [4.69, 9.17) is 5.37 Å². The Labute approximate surface area is 123 Å². The molecular formula is C14H28O4Pb. The minimum atomic E-state index is -3.68. The van der Waals surface area contributed by atoms with Crippen molar-refractivity contribution < 1.29 is 15.0 Å². The van der Waals surface area contributed by atoms with Crippen LogP contribution in [0.1, 0.15) is 66.2 Å². The SMILES string of the molecule is CCCC[CH2][Pb]([CH2]CCCC)([O]C(C)=O)[O]C(C)=O. The fourth-order valence-corrected chi connectivity index (χ4v) is 15.1. The van der Waals surface area contributed by atoms with E-state index >= 15 is 0 Å². The first-order valence-electron chi connectivity index (χ1n) is 7.35.